The Morgan fingerprint density at radius 3 is 1.91 bits per heavy atom. The zero-order valence-electron chi connectivity index (χ0n) is 18.1. The smallest absolute Gasteiger partial charge is 0.0279 e. The van der Waals surface area contributed by atoms with Crippen LogP contribution in [0, 0.1) is 0 Å². The van der Waals surface area contributed by atoms with E-state index in [4.69, 9.17) is 0 Å². The molecule has 32 heavy (non-hydrogen) atoms. The van der Waals surface area contributed by atoms with Crippen molar-refractivity contribution in [3.8, 4) is 33.4 Å². The molecule has 0 unspecified atom stereocenters. The van der Waals surface area contributed by atoms with Gasteiger partial charge in [-0.15, -0.1) is 0 Å². The van der Waals surface area contributed by atoms with Gasteiger partial charge in [0.25, 0.3) is 0 Å². The first kappa shape index (κ1) is 18.3. The fraction of sp³-hybridized carbons (Fsp3) is 0.0968. The molecule has 0 nitrogen and oxygen atoms in total. The molecule has 2 aliphatic rings. The Kier molecular flexibility index (Phi) is 3.64. The number of hydrogen-bond donors (Lipinski definition) is 0. The molecule has 5 aromatic rings. The standard InChI is InChI=1S/C31H22S/c1-31(2)26-17-4-3-11-20(26)22-13-7-14-23(29(22)31)25-16-8-15-24-21-12-5-9-19-10-6-18-27(28(19)21)32-30(24)25/h3-18H,1-2H3. The highest BCUT2D eigenvalue weighted by atomic mass is 32.2. The maximum absolute atomic E-state index is 2.37. The lowest BCUT2D eigenvalue weighted by molar-refractivity contribution is 0.662. The molecule has 1 aliphatic heterocycles. The molecule has 0 N–H and O–H groups in total. The van der Waals surface area contributed by atoms with Crippen LogP contribution >= 0.6 is 11.8 Å². The Morgan fingerprint density at radius 1 is 0.531 bits per heavy atom. The molecule has 0 amide bonds. The highest BCUT2D eigenvalue weighted by Gasteiger charge is 2.37. The molecular formula is C31H22S. The number of benzene rings is 5. The molecule has 1 heteroatoms. The van der Waals surface area contributed by atoms with E-state index in [2.05, 4.69) is 111 Å². The molecule has 7 rings (SSSR count). The van der Waals surface area contributed by atoms with Gasteiger partial charge in [-0.3, -0.25) is 0 Å². The van der Waals surface area contributed by atoms with Crippen LogP contribution in [0.25, 0.3) is 44.2 Å². The number of hydrogen-bond acceptors (Lipinski definition) is 1. The Bertz CT molecular complexity index is 1570. The van der Waals surface area contributed by atoms with Gasteiger partial charge in [0.2, 0.25) is 0 Å². The second-order valence-corrected chi connectivity index (χ2v) is 10.4. The second-order valence-electron chi connectivity index (χ2n) is 9.34. The number of rotatable bonds is 1. The van der Waals surface area contributed by atoms with E-state index >= 15 is 0 Å². The summed E-state index contributed by atoms with van der Waals surface area (Å²) >= 11 is 1.93. The van der Waals surface area contributed by atoms with Crippen molar-refractivity contribution in [3.05, 3.63) is 108 Å². The molecular weight excluding hydrogens is 404 g/mol. The molecule has 0 fully saturated rings. The monoisotopic (exact) mass is 426 g/mol. The van der Waals surface area contributed by atoms with Gasteiger partial charge in [0.05, 0.1) is 0 Å². The minimum atomic E-state index is -0.0253. The largest absolute Gasteiger partial charge is 0.0881 e. The molecule has 0 spiro atoms. The minimum Gasteiger partial charge on any atom is -0.0881 e. The molecule has 0 saturated carbocycles. The Morgan fingerprint density at radius 2 is 1.09 bits per heavy atom. The summed E-state index contributed by atoms with van der Waals surface area (Å²) in [6.45, 7) is 4.75. The van der Waals surface area contributed by atoms with Gasteiger partial charge in [0.1, 0.15) is 0 Å². The van der Waals surface area contributed by atoms with Gasteiger partial charge in [-0.1, -0.05) is 117 Å². The van der Waals surface area contributed by atoms with Crippen molar-refractivity contribution >= 4 is 22.5 Å². The Hall–Kier alpha value is -3.29. The molecule has 0 atom stereocenters. The van der Waals surface area contributed by atoms with E-state index in [1.54, 1.807) is 0 Å². The Labute approximate surface area is 192 Å². The van der Waals surface area contributed by atoms with Gasteiger partial charge in [-0.05, 0) is 56.0 Å². The quantitative estimate of drug-likeness (QED) is 0.253. The van der Waals surface area contributed by atoms with E-state index in [0.717, 1.165) is 0 Å². The van der Waals surface area contributed by atoms with Crippen molar-refractivity contribution in [3.63, 3.8) is 0 Å². The summed E-state index contributed by atoms with van der Waals surface area (Å²) in [4.78, 5) is 2.73. The summed E-state index contributed by atoms with van der Waals surface area (Å²) in [5.41, 5.74) is 11.0. The van der Waals surface area contributed by atoms with E-state index < -0.39 is 0 Å². The van der Waals surface area contributed by atoms with Gasteiger partial charge in [0.15, 0.2) is 0 Å². The van der Waals surface area contributed by atoms with E-state index in [9.17, 15) is 0 Å². The van der Waals surface area contributed by atoms with E-state index in [0.29, 0.717) is 0 Å². The Balaban J connectivity index is 1.53. The lowest BCUT2D eigenvalue weighted by Gasteiger charge is -2.27. The molecule has 0 aromatic heterocycles. The van der Waals surface area contributed by atoms with Gasteiger partial charge in [-0.2, -0.15) is 0 Å². The van der Waals surface area contributed by atoms with Gasteiger partial charge in [0, 0.05) is 20.6 Å². The molecule has 152 valence electrons. The van der Waals surface area contributed by atoms with Crippen molar-refractivity contribution in [2.24, 2.45) is 0 Å². The van der Waals surface area contributed by atoms with Crippen LogP contribution in [0.2, 0.25) is 0 Å². The van der Waals surface area contributed by atoms with Crippen LogP contribution in [0.15, 0.2) is 107 Å². The third-order valence-electron chi connectivity index (χ3n) is 7.25. The number of fused-ring (bicyclic) bond motifs is 5. The third kappa shape index (κ3) is 2.29. The topological polar surface area (TPSA) is 0 Å². The summed E-state index contributed by atoms with van der Waals surface area (Å²) in [5, 5.41) is 2.71. The summed E-state index contributed by atoms with van der Waals surface area (Å²) in [7, 11) is 0. The predicted molar refractivity (Wildman–Crippen MR) is 137 cm³/mol. The van der Waals surface area contributed by atoms with Crippen LogP contribution in [0.1, 0.15) is 25.0 Å². The van der Waals surface area contributed by atoms with Gasteiger partial charge >= 0.3 is 0 Å². The summed E-state index contributed by atoms with van der Waals surface area (Å²) in [6, 6.07) is 36.0. The fourth-order valence-corrected chi connectivity index (χ4v) is 7.14. The third-order valence-corrected chi connectivity index (χ3v) is 8.46. The molecule has 0 bridgehead atoms. The second kappa shape index (κ2) is 6.37. The highest BCUT2D eigenvalue weighted by Crippen LogP contribution is 2.56. The molecule has 5 aromatic carbocycles. The van der Waals surface area contributed by atoms with Crippen molar-refractivity contribution in [1.29, 1.82) is 0 Å². The summed E-state index contributed by atoms with van der Waals surface area (Å²) in [6.07, 6.45) is 0. The average molecular weight is 427 g/mol. The lowest BCUT2D eigenvalue weighted by Crippen LogP contribution is -2.16. The van der Waals surface area contributed by atoms with Crippen molar-refractivity contribution in [2.75, 3.05) is 0 Å². The highest BCUT2D eigenvalue weighted by molar-refractivity contribution is 8.00. The van der Waals surface area contributed by atoms with E-state index in [1.807, 2.05) is 11.8 Å². The minimum absolute atomic E-state index is 0.0253. The average Bonchev–Trinajstić information content (AvgIpc) is 3.07. The van der Waals surface area contributed by atoms with Crippen molar-refractivity contribution in [2.45, 2.75) is 29.1 Å². The maximum atomic E-state index is 2.37. The molecule has 1 aliphatic carbocycles. The van der Waals surface area contributed by atoms with Crippen LogP contribution in [-0.4, -0.2) is 0 Å². The zero-order chi connectivity index (χ0) is 21.4. The van der Waals surface area contributed by atoms with Crippen LogP contribution in [0.3, 0.4) is 0 Å². The van der Waals surface area contributed by atoms with Gasteiger partial charge in [-0.25, -0.2) is 0 Å². The van der Waals surface area contributed by atoms with Crippen LogP contribution in [0.5, 0.6) is 0 Å². The van der Waals surface area contributed by atoms with Crippen LogP contribution < -0.4 is 0 Å². The normalized spacial score (nSPS) is 14.7. The van der Waals surface area contributed by atoms with Gasteiger partial charge < -0.3 is 0 Å². The van der Waals surface area contributed by atoms with E-state index in [-0.39, 0.29) is 5.41 Å². The fourth-order valence-electron chi connectivity index (χ4n) is 5.87. The van der Waals surface area contributed by atoms with Crippen LogP contribution in [-0.2, 0) is 5.41 Å². The molecule has 0 saturated heterocycles. The lowest BCUT2D eigenvalue weighted by atomic mass is 9.78. The van der Waals surface area contributed by atoms with Crippen LogP contribution in [0.4, 0.5) is 0 Å². The van der Waals surface area contributed by atoms with Crippen molar-refractivity contribution < 1.29 is 0 Å². The zero-order valence-corrected chi connectivity index (χ0v) is 19.0. The van der Waals surface area contributed by atoms with E-state index in [1.165, 1.54) is 65.1 Å². The first-order valence-corrected chi connectivity index (χ1v) is 12.0. The first-order valence-electron chi connectivity index (χ1n) is 11.2. The maximum Gasteiger partial charge on any atom is 0.0279 e. The first-order chi connectivity index (χ1) is 15.6. The predicted octanol–water partition coefficient (Wildman–Crippen LogP) is 8.94. The molecule has 0 radical (unpaired) electrons. The van der Waals surface area contributed by atoms with Crippen molar-refractivity contribution in [1.82, 2.24) is 0 Å². The molecule has 1 heterocycles. The summed E-state index contributed by atoms with van der Waals surface area (Å²) in [5.74, 6) is 0. The SMILES string of the molecule is CC1(C)c2ccccc2-c2cccc(-c3cccc4c3Sc3cccc5cccc-4c35)c21. The summed E-state index contributed by atoms with van der Waals surface area (Å²) < 4.78 is 0.